The minimum atomic E-state index is -0.146. The molecule has 0 radical (unpaired) electrons. The van der Waals surface area contributed by atoms with E-state index in [4.69, 9.17) is 4.74 Å². The fraction of sp³-hybridized carbons (Fsp3) is 0.478. The van der Waals surface area contributed by atoms with Crippen molar-refractivity contribution in [3.63, 3.8) is 0 Å². The van der Waals surface area contributed by atoms with Gasteiger partial charge in [-0.2, -0.15) is 0 Å². The van der Waals surface area contributed by atoms with Gasteiger partial charge in [0.05, 0.1) is 24.8 Å². The van der Waals surface area contributed by atoms with E-state index in [-0.39, 0.29) is 30.8 Å². The van der Waals surface area contributed by atoms with Crippen LogP contribution in [0.3, 0.4) is 0 Å². The highest BCUT2D eigenvalue weighted by atomic mass is 32.1. The lowest BCUT2D eigenvalue weighted by Crippen LogP contribution is -2.45. The highest BCUT2D eigenvalue weighted by molar-refractivity contribution is 7.10. The normalized spacial score (nSPS) is 19.0. The SMILES string of the molecule is CC1CCN([C@@H](CNC(=O)CN2C(=O)CCOc3ccccc32)c2cccs2)CC1. The molecular formula is C23H29N3O3S. The molecule has 7 heteroatoms. The Morgan fingerprint density at radius 1 is 1.23 bits per heavy atom. The molecule has 6 nitrogen and oxygen atoms in total. The van der Waals surface area contributed by atoms with Crippen molar-refractivity contribution in [1.29, 1.82) is 0 Å². The summed E-state index contributed by atoms with van der Waals surface area (Å²) in [6, 6.07) is 11.8. The van der Waals surface area contributed by atoms with Gasteiger partial charge in [0, 0.05) is 11.4 Å². The molecule has 4 rings (SSSR count). The molecule has 0 spiro atoms. The van der Waals surface area contributed by atoms with Gasteiger partial charge in [0.2, 0.25) is 11.8 Å². The Kier molecular flexibility index (Phi) is 6.69. The summed E-state index contributed by atoms with van der Waals surface area (Å²) in [5, 5.41) is 5.18. The first-order chi connectivity index (χ1) is 14.6. The lowest BCUT2D eigenvalue weighted by molar-refractivity contribution is -0.124. The third-order valence-electron chi connectivity index (χ3n) is 5.96. The molecule has 2 aliphatic heterocycles. The van der Waals surface area contributed by atoms with Gasteiger partial charge in [0.1, 0.15) is 12.3 Å². The van der Waals surface area contributed by atoms with E-state index in [0.29, 0.717) is 24.6 Å². The van der Waals surface area contributed by atoms with Crippen molar-refractivity contribution in [1.82, 2.24) is 10.2 Å². The molecule has 1 saturated heterocycles. The van der Waals surface area contributed by atoms with Crippen LogP contribution in [0.2, 0.25) is 0 Å². The van der Waals surface area contributed by atoms with Gasteiger partial charge in [-0.05, 0) is 55.4 Å². The average Bonchev–Trinajstić information content (AvgIpc) is 3.23. The second-order valence-electron chi connectivity index (χ2n) is 8.10. The highest BCUT2D eigenvalue weighted by Gasteiger charge is 2.28. The fourth-order valence-electron chi connectivity index (χ4n) is 4.13. The number of hydrogen-bond donors (Lipinski definition) is 1. The molecule has 2 aromatic rings. The number of benzene rings is 1. The van der Waals surface area contributed by atoms with Gasteiger partial charge in [-0.15, -0.1) is 11.3 Å². The van der Waals surface area contributed by atoms with E-state index in [1.165, 1.54) is 17.7 Å². The second-order valence-corrected chi connectivity index (χ2v) is 9.08. The number of carbonyl (C=O) groups is 2. The number of nitrogens with zero attached hydrogens (tertiary/aromatic N) is 2. The topological polar surface area (TPSA) is 61.9 Å². The maximum Gasteiger partial charge on any atom is 0.240 e. The van der Waals surface area contributed by atoms with Crippen molar-refractivity contribution < 1.29 is 14.3 Å². The summed E-state index contributed by atoms with van der Waals surface area (Å²) in [5.74, 6) is 1.17. The van der Waals surface area contributed by atoms with Crippen molar-refractivity contribution in [3.8, 4) is 5.75 Å². The van der Waals surface area contributed by atoms with Crippen molar-refractivity contribution >= 4 is 28.8 Å². The zero-order valence-corrected chi connectivity index (χ0v) is 18.2. The molecule has 160 valence electrons. The number of anilines is 1. The van der Waals surface area contributed by atoms with Gasteiger partial charge in [-0.3, -0.25) is 19.4 Å². The number of likely N-dealkylation sites (tertiary alicyclic amines) is 1. The Morgan fingerprint density at radius 3 is 2.80 bits per heavy atom. The molecule has 0 aliphatic carbocycles. The van der Waals surface area contributed by atoms with Crippen LogP contribution in [0.4, 0.5) is 5.69 Å². The Morgan fingerprint density at radius 2 is 2.03 bits per heavy atom. The molecular weight excluding hydrogens is 398 g/mol. The van der Waals surface area contributed by atoms with Crippen molar-refractivity contribution in [2.24, 2.45) is 5.92 Å². The van der Waals surface area contributed by atoms with E-state index in [9.17, 15) is 9.59 Å². The van der Waals surface area contributed by atoms with Gasteiger partial charge in [-0.1, -0.05) is 25.1 Å². The molecule has 0 saturated carbocycles. The molecule has 30 heavy (non-hydrogen) atoms. The first-order valence-electron chi connectivity index (χ1n) is 10.7. The lowest BCUT2D eigenvalue weighted by Gasteiger charge is -2.36. The molecule has 0 bridgehead atoms. The number of hydrogen-bond acceptors (Lipinski definition) is 5. The van der Waals surface area contributed by atoms with Gasteiger partial charge >= 0.3 is 0 Å². The number of para-hydroxylation sites is 2. The number of nitrogens with one attached hydrogen (secondary N) is 1. The monoisotopic (exact) mass is 427 g/mol. The molecule has 2 aliphatic rings. The molecule has 1 aromatic heterocycles. The van der Waals surface area contributed by atoms with E-state index in [2.05, 4.69) is 34.7 Å². The summed E-state index contributed by atoms with van der Waals surface area (Å²) in [7, 11) is 0. The molecule has 1 atom stereocenters. The van der Waals surface area contributed by atoms with Crippen LogP contribution < -0.4 is 15.0 Å². The highest BCUT2D eigenvalue weighted by Crippen LogP contribution is 2.31. The summed E-state index contributed by atoms with van der Waals surface area (Å²) >= 11 is 1.73. The van der Waals surface area contributed by atoms with Gasteiger partial charge < -0.3 is 10.1 Å². The molecule has 1 aromatic carbocycles. The van der Waals surface area contributed by atoms with Crippen LogP contribution in [0.1, 0.15) is 37.1 Å². The Hall–Kier alpha value is -2.38. The number of carbonyl (C=O) groups excluding carboxylic acids is 2. The van der Waals surface area contributed by atoms with E-state index >= 15 is 0 Å². The molecule has 0 unspecified atom stereocenters. The minimum Gasteiger partial charge on any atom is -0.491 e. The summed E-state index contributed by atoms with van der Waals surface area (Å²) in [5.41, 5.74) is 0.662. The van der Waals surface area contributed by atoms with Crippen LogP contribution in [0.15, 0.2) is 41.8 Å². The first-order valence-corrected chi connectivity index (χ1v) is 11.6. The number of piperidine rings is 1. The summed E-state index contributed by atoms with van der Waals surface area (Å²) in [4.78, 5) is 30.7. The largest absolute Gasteiger partial charge is 0.491 e. The van der Waals surface area contributed by atoms with Crippen LogP contribution in [-0.2, 0) is 9.59 Å². The van der Waals surface area contributed by atoms with E-state index in [1.807, 2.05) is 24.3 Å². The quantitative estimate of drug-likeness (QED) is 0.767. The molecule has 2 amide bonds. The smallest absolute Gasteiger partial charge is 0.240 e. The fourth-order valence-corrected chi connectivity index (χ4v) is 4.99. The van der Waals surface area contributed by atoms with Crippen molar-refractivity contribution in [2.45, 2.75) is 32.2 Å². The third kappa shape index (κ3) is 4.84. The molecule has 1 fully saturated rings. The third-order valence-corrected chi connectivity index (χ3v) is 6.93. The van der Waals surface area contributed by atoms with Crippen molar-refractivity contribution in [2.75, 3.05) is 37.7 Å². The maximum absolute atomic E-state index is 12.8. The molecule has 3 heterocycles. The van der Waals surface area contributed by atoms with Crippen LogP contribution >= 0.6 is 11.3 Å². The first kappa shape index (κ1) is 20.9. The summed E-state index contributed by atoms with van der Waals surface area (Å²) < 4.78 is 5.67. The van der Waals surface area contributed by atoms with E-state index < -0.39 is 0 Å². The Bertz CT molecular complexity index is 862. The van der Waals surface area contributed by atoms with Crippen LogP contribution in [0, 0.1) is 5.92 Å². The Balaban J connectivity index is 1.42. The number of rotatable bonds is 6. The predicted octanol–water partition coefficient (Wildman–Crippen LogP) is 3.45. The van der Waals surface area contributed by atoms with Crippen LogP contribution in [0.5, 0.6) is 5.75 Å². The van der Waals surface area contributed by atoms with Gasteiger partial charge in [0.25, 0.3) is 0 Å². The summed E-state index contributed by atoms with van der Waals surface area (Å²) in [6.07, 6.45) is 2.65. The zero-order chi connectivity index (χ0) is 20.9. The number of thiophene rings is 1. The van der Waals surface area contributed by atoms with Crippen LogP contribution in [-0.4, -0.2) is 49.5 Å². The second kappa shape index (κ2) is 9.62. The number of amides is 2. The van der Waals surface area contributed by atoms with Crippen molar-refractivity contribution in [3.05, 3.63) is 46.7 Å². The average molecular weight is 428 g/mol. The maximum atomic E-state index is 12.8. The lowest BCUT2D eigenvalue weighted by atomic mass is 9.97. The Labute approximate surface area is 181 Å². The summed E-state index contributed by atoms with van der Waals surface area (Å²) in [6.45, 7) is 5.30. The zero-order valence-electron chi connectivity index (χ0n) is 17.4. The molecule has 1 N–H and O–H groups in total. The van der Waals surface area contributed by atoms with E-state index in [1.54, 1.807) is 16.2 Å². The standard InChI is InChI=1S/C23H29N3O3S/c1-17-8-11-25(12-9-17)19(21-7-4-14-30-21)15-24-22(27)16-26-18-5-2-3-6-20(18)29-13-10-23(26)28/h2-7,14,17,19H,8-13,15-16H2,1H3,(H,24,27)/t19-/m0/s1. The van der Waals surface area contributed by atoms with Gasteiger partial charge in [0.15, 0.2) is 0 Å². The number of fused-ring (bicyclic) bond motifs is 1. The number of ether oxygens (including phenoxy) is 1. The van der Waals surface area contributed by atoms with Crippen LogP contribution in [0.25, 0.3) is 0 Å². The van der Waals surface area contributed by atoms with E-state index in [0.717, 1.165) is 19.0 Å². The predicted molar refractivity (Wildman–Crippen MR) is 119 cm³/mol. The minimum absolute atomic E-state index is 0.00734. The van der Waals surface area contributed by atoms with Gasteiger partial charge in [-0.25, -0.2) is 0 Å².